The molecule has 0 saturated heterocycles. The molecule has 0 bridgehead atoms. The van der Waals surface area contributed by atoms with Crippen LogP contribution in [-0.2, 0) is 6.42 Å². The molecule has 84 valence electrons. The lowest BCUT2D eigenvalue weighted by atomic mass is 10.0. The summed E-state index contributed by atoms with van der Waals surface area (Å²) in [5, 5.41) is 0. The maximum atomic E-state index is 12.2. The molecule has 0 amide bonds. The van der Waals surface area contributed by atoms with Crippen molar-refractivity contribution in [2.24, 2.45) is 0 Å². The van der Waals surface area contributed by atoms with Crippen molar-refractivity contribution in [2.75, 3.05) is 5.73 Å². The van der Waals surface area contributed by atoms with Crippen LogP contribution in [0.25, 0.3) is 0 Å². The number of nitrogens with zero attached hydrogens (tertiary/aromatic N) is 1. The van der Waals surface area contributed by atoms with Crippen molar-refractivity contribution in [3.63, 3.8) is 0 Å². The van der Waals surface area contributed by atoms with Crippen molar-refractivity contribution >= 4 is 5.82 Å². The molecular weight excluding hydrogens is 205 g/mol. The molecule has 1 aromatic rings. The Balaban J connectivity index is 3.06. The van der Waals surface area contributed by atoms with E-state index in [1.807, 2.05) is 0 Å². The summed E-state index contributed by atoms with van der Waals surface area (Å²) in [6.45, 7) is 3.59. The van der Waals surface area contributed by atoms with Crippen LogP contribution in [0.5, 0.6) is 0 Å². The van der Waals surface area contributed by atoms with Crippen LogP contribution in [0.15, 0.2) is 12.1 Å². The molecule has 1 rings (SSSR count). The van der Waals surface area contributed by atoms with Crippen molar-refractivity contribution in [3.8, 4) is 0 Å². The lowest BCUT2D eigenvalue weighted by Gasteiger charge is -2.13. The van der Waals surface area contributed by atoms with Crippen molar-refractivity contribution < 1.29 is 13.2 Å². The van der Waals surface area contributed by atoms with Crippen LogP contribution in [-0.4, -0.2) is 11.2 Å². The normalized spacial score (nSPS) is 12.1. The van der Waals surface area contributed by atoms with Gasteiger partial charge in [-0.1, -0.05) is 19.9 Å². The number of pyridine rings is 1. The highest BCUT2D eigenvalue weighted by Gasteiger charge is 2.29. The number of hydrogen-bond donors (Lipinski definition) is 1. The predicted octanol–water partition coefficient (Wildman–Crippen LogP) is 2.89. The molecule has 0 saturated carbocycles. The lowest BCUT2D eigenvalue weighted by molar-refractivity contribution is -0.127. The molecule has 0 aliphatic carbocycles. The van der Waals surface area contributed by atoms with Gasteiger partial charge >= 0.3 is 6.18 Å². The summed E-state index contributed by atoms with van der Waals surface area (Å²) in [5.41, 5.74) is 6.06. The van der Waals surface area contributed by atoms with Crippen molar-refractivity contribution in [2.45, 2.75) is 32.4 Å². The fourth-order valence-electron chi connectivity index (χ4n) is 1.38. The van der Waals surface area contributed by atoms with E-state index in [0.717, 1.165) is 0 Å². The number of alkyl halides is 3. The van der Waals surface area contributed by atoms with Gasteiger partial charge in [-0.2, -0.15) is 13.2 Å². The molecular formula is C10H13F3N2. The van der Waals surface area contributed by atoms with Crippen LogP contribution in [0, 0.1) is 0 Å². The van der Waals surface area contributed by atoms with E-state index < -0.39 is 12.6 Å². The summed E-state index contributed by atoms with van der Waals surface area (Å²) >= 11 is 0. The van der Waals surface area contributed by atoms with Crippen LogP contribution >= 0.6 is 0 Å². The average Bonchev–Trinajstić information content (AvgIpc) is 2.05. The summed E-state index contributed by atoms with van der Waals surface area (Å²) in [7, 11) is 0. The van der Waals surface area contributed by atoms with Crippen LogP contribution in [0.2, 0.25) is 0 Å². The average molecular weight is 218 g/mol. The van der Waals surface area contributed by atoms with E-state index in [9.17, 15) is 13.2 Å². The highest BCUT2D eigenvalue weighted by Crippen LogP contribution is 2.26. The fraction of sp³-hybridized carbons (Fsp3) is 0.500. The Morgan fingerprint density at radius 1 is 1.33 bits per heavy atom. The number of nitrogens with two attached hydrogens (primary N) is 1. The molecule has 0 radical (unpaired) electrons. The second kappa shape index (κ2) is 4.08. The van der Waals surface area contributed by atoms with Gasteiger partial charge in [-0.15, -0.1) is 0 Å². The van der Waals surface area contributed by atoms with Gasteiger partial charge in [0.15, 0.2) is 0 Å². The highest BCUT2D eigenvalue weighted by molar-refractivity contribution is 5.35. The molecule has 5 heteroatoms. The second-order valence-electron chi connectivity index (χ2n) is 3.73. The van der Waals surface area contributed by atoms with Gasteiger partial charge in [0.25, 0.3) is 0 Å². The molecule has 0 aliphatic rings. The summed E-state index contributed by atoms with van der Waals surface area (Å²) in [5.74, 6) is 0.190. The van der Waals surface area contributed by atoms with E-state index in [-0.39, 0.29) is 17.3 Å². The first-order valence-electron chi connectivity index (χ1n) is 4.61. The Bertz CT molecular complexity index is 345. The minimum Gasteiger partial charge on any atom is -0.384 e. The zero-order valence-corrected chi connectivity index (χ0v) is 8.60. The topological polar surface area (TPSA) is 38.9 Å². The standard InChI is InChI=1S/C10H13F3N2/c1-6(2)9-7(5-10(11,12)13)3-4-8(14)15-9/h3-4,6H,5H2,1-2H3,(H2,14,15). The van der Waals surface area contributed by atoms with E-state index >= 15 is 0 Å². The molecule has 0 aliphatic heterocycles. The number of hydrogen-bond acceptors (Lipinski definition) is 2. The van der Waals surface area contributed by atoms with E-state index in [0.29, 0.717) is 5.69 Å². The zero-order valence-electron chi connectivity index (χ0n) is 8.60. The van der Waals surface area contributed by atoms with E-state index in [1.54, 1.807) is 13.8 Å². The van der Waals surface area contributed by atoms with E-state index in [1.165, 1.54) is 12.1 Å². The van der Waals surface area contributed by atoms with E-state index in [2.05, 4.69) is 4.98 Å². The Morgan fingerprint density at radius 2 is 1.93 bits per heavy atom. The van der Waals surface area contributed by atoms with Crippen molar-refractivity contribution in [1.82, 2.24) is 4.98 Å². The van der Waals surface area contributed by atoms with Gasteiger partial charge in [-0.3, -0.25) is 0 Å². The molecule has 2 nitrogen and oxygen atoms in total. The smallest absolute Gasteiger partial charge is 0.384 e. The third-order valence-electron chi connectivity index (χ3n) is 1.97. The minimum atomic E-state index is -4.21. The minimum absolute atomic E-state index is 0.0640. The largest absolute Gasteiger partial charge is 0.393 e. The molecule has 1 heterocycles. The van der Waals surface area contributed by atoms with Crippen molar-refractivity contribution in [3.05, 3.63) is 23.4 Å². The second-order valence-corrected chi connectivity index (χ2v) is 3.73. The maximum absolute atomic E-state index is 12.2. The van der Waals surface area contributed by atoms with Gasteiger partial charge in [0.05, 0.1) is 6.42 Å². The highest BCUT2D eigenvalue weighted by atomic mass is 19.4. The Hall–Kier alpha value is -1.26. The van der Waals surface area contributed by atoms with Crippen LogP contribution in [0.3, 0.4) is 0 Å². The summed E-state index contributed by atoms with van der Waals surface area (Å²) in [6.07, 6.45) is -5.16. The quantitative estimate of drug-likeness (QED) is 0.828. The Labute approximate surface area is 86.3 Å². The number of nitrogen functional groups attached to an aromatic ring is 1. The molecule has 0 aromatic carbocycles. The Morgan fingerprint density at radius 3 is 2.40 bits per heavy atom. The number of anilines is 1. The van der Waals surface area contributed by atoms with Gasteiger partial charge in [0.2, 0.25) is 0 Å². The van der Waals surface area contributed by atoms with Crippen LogP contribution in [0.4, 0.5) is 19.0 Å². The first-order valence-corrected chi connectivity index (χ1v) is 4.61. The SMILES string of the molecule is CC(C)c1nc(N)ccc1CC(F)(F)F. The van der Waals surface area contributed by atoms with Gasteiger partial charge in [0, 0.05) is 5.69 Å². The van der Waals surface area contributed by atoms with Gasteiger partial charge < -0.3 is 5.73 Å². The molecule has 0 spiro atoms. The van der Waals surface area contributed by atoms with Crippen molar-refractivity contribution in [1.29, 1.82) is 0 Å². The summed E-state index contributed by atoms with van der Waals surface area (Å²) in [4.78, 5) is 3.93. The molecule has 2 N–H and O–H groups in total. The Kier molecular flexibility index (Phi) is 3.21. The summed E-state index contributed by atoms with van der Waals surface area (Å²) < 4.78 is 36.7. The van der Waals surface area contributed by atoms with E-state index in [4.69, 9.17) is 5.73 Å². The fourth-order valence-corrected chi connectivity index (χ4v) is 1.38. The summed E-state index contributed by atoms with van der Waals surface area (Å²) in [6, 6.07) is 2.79. The number of rotatable bonds is 2. The first kappa shape index (κ1) is 11.8. The number of halogens is 3. The third-order valence-corrected chi connectivity index (χ3v) is 1.97. The molecule has 0 atom stereocenters. The first-order chi connectivity index (χ1) is 6.79. The van der Waals surface area contributed by atoms with Crippen LogP contribution in [0.1, 0.15) is 31.0 Å². The third kappa shape index (κ3) is 3.42. The lowest BCUT2D eigenvalue weighted by Crippen LogP contribution is -2.15. The monoisotopic (exact) mass is 218 g/mol. The molecule has 15 heavy (non-hydrogen) atoms. The number of aromatic nitrogens is 1. The molecule has 0 unspecified atom stereocenters. The zero-order chi connectivity index (χ0) is 11.6. The van der Waals surface area contributed by atoms with Gasteiger partial charge in [-0.25, -0.2) is 4.98 Å². The molecule has 0 fully saturated rings. The maximum Gasteiger partial charge on any atom is 0.393 e. The van der Waals surface area contributed by atoms with Crippen LogP contribution < -0.4 is 5.73 Å². The molecule has 1 aromatic heterocycles. The van der Waals surface area contributed by atoms with Gasteiger partial charge in [-0.05, 0) is 17.5 Å². The predicted molar refractivity (Wildman–Crippen MR) is 52.5 cm³/mol. The van der Waals surface area contributed by atoms with Gasteiger partial charge in [0.1, 0.15) is 5.82 Å².